The summed E-state index contributed by atoms with van der Waals surface area (Å²) in [4.78, 5) is 13.9. The second kappa shape index (κ2) is 6.36. The Hall–Kier alpha value is -1.11. The summed E-state index contributed by atoms with van der Waals surface area (Å²) in [5.74, 6) is 0.685. The summed E-state index contributed by atoms with van der Waals surface area (Å²) in [6.45, 7) is 1.92. The number of carbonyl (C=O) groups is 1. The van der Waals surface area contributed by atoms with Crippen molar-refractivity contribution >= 4 is 27.5 Å². The normalized spacial score (nSPS) is 19.0. The molecular formula is C13H17BrN2O3. The van der Waals surface area contributed by atoms with Gasteiger partial charge < -0.3 is 19.7 Å². The fourth-order valence-corrected chi connectivity index (χ4v) is 2.46. The zero-order chi connectivity index (χ0) is 13.8. The highest BCUT2D eigenvalue weighted by Gasteiger charge is 2.25. The van der Waals surface area contributed by atoms with E-state index in [0.29, 0.717) is 13.2 Å². The Balaban J connectivity index is 2.11. The van der Waals surface area contributed by atoms with E-state index in [0.717, 1.165) is 22.5 Å². The van der Waals surface area contributed by atoms with Gasteiger partial charge in [-0.1, -0.05) is 0 Å². The van der Waals surface area contributed by atoms with Crippen LogP contribution in [0.3, 0.4) is 0 Å². The molecule has 0 bridgehead atoms. The van der Waals surface area contributed by atoms with E-state index in [1.165, 1.54) is 0 Å². The van der Waals surface area contributed by atoms with Crippen molar-refractivity contribution in [2.45, 2.75) is 6.10 Å². The first-order valence-electron chi connectivity index (χ1n) is 6.07. The zero-order valence-corrected chi connectivity index (χ0v) is 12.6. The number of morpholine rings is 1. The monoisotopic (exact) mass is 328 g/mol. The molecule has 1 unspecified atom stereocenters. The van der Waals surface area contributed by atoms with E-state index in [1.807, 2.05) is 18.2 Å². The van der Waals surface area contributed by atoms with Crippen LogP contribution < -0.4 is 15.0 Å². The number of amides is 1. The molecule has 1 heterocycles. The standard InChI is InChI=1S/C13H17BrN2O3/c1-16(13(17)12-8-15-5-6-19-12)9-3-4-11(18-2)10(14)7-9/h3-4,7,12,15H,5-6,8H2,1-2H3. The second-order valence-electron chi connectivity index (χ2n) is 4.28. The van der Waals surface area contributed by atoms with Crippen LogP contribution in [0.15, 0.2) is 22.7 Å². The maximum absolute atomic E-state index is 12.3. The summed E-state index contributed by atoms with van der Waals surface area (Å²) < 4.78 is 11.5. The quantitative estimate of drug-likeness (QED) is 0.911. The molecule has 1 saturated heterocycles. The number of hydrogen-bond acceptors (Lipinski definition) is 4. The Morgan fingerprint density at radius 3 is 2.95 bits per heavy atom. The summed E-state index contributed by atoms with van der Waals surface area (Å²) in [7, 11) is 3.35. The highest BCUT2D eigenvalue weighted by atomic mass is 79.9. The molecule has 1 atom stereocenters. The van der Waals surface area contributed by atoms with Gasteiger partial charge in [-0.05, 0) is 34.1 Å². The third kappa shape index (κ3) is 3.26. The van der Waals surface area contributed by atoms with Crippen molar-refractivity contribution in [1.82, 2.24) is 5.32 Å². The van der Waals surface area contributed by atoms with E-state index >= 15 is 0 Å². The Bertz CT molecular complexity index is 461. The Morgan fingerprint density at radius 2 is 2.37 bits per heavy atom. The smallest absolute Gasteiger partial charge is 0.257 e. The van der Waals surface area contributed by atoms with Gasteiger partial charge in [0.2, 0.25) is 0 Å². The number of halogens is 1. The maximum Gasteiger partial charge on any atom is 0.257 e. The van der Waals surface area contributed by atoms with E-state index in [9.17, 15) is 4.79 Å². The van der Waals surface area contributed by atoms with Crippen LogP contribution in [0.5, 0.6) is 5.75 Å². The van der Waals surface area contributed by atoms with Crippen molar-refractivity contribution in [2.75, 3.05) is 38.8 Å². The van der Waals surface area contributed by atoms with E-state index in [4.69, 9.17) is 9.47 Å². The molecule has 0 spiro atoms. The van der Waals surface area contributed by atoms with Gasteiger partial charge in [-0.3, -0.25) is 4.79 Å². The molecule has 19 heavy (non-hydrogen) atoms. The first-order valence-corrected chi connectivity index (χ1v) is 6.86. The molecule has 1 aliphatic heterocycles. The van der Waals surface area contributed by atoms with Crippen molar-refractivity contribution in [3.8, 4) is 5.75 Å². The van der Waals surface area contributed by atoms with Gasteiger partial charge >= 0.3 is 0 Å². The van der Waals surface area contributed by atoms with Gasteiger partial charge in [-0.15, -0.1) is 0 Å². The average molecular weight is 329 g/mol. The van der Waals surface area contributed by atoms with Gasteiger partial charge in [0.15, 0.2) is 0 Å². The van der Waals surface area contributed by atoms with Gasteiger partial charge in [-0.2, -0.15) is 0 Å². The van der Waals surface area contributed by atoms with Gasteiger partial charge in [0, 0.05) is 25.8 Å². The Labute approximate surface area is 121 Å². The molecule has 1 aromatic rings. The first-order chi connectivity index (χ1) is 9.13. The molecule has 5 nitrogen and oxygen atoms in total. The summed E-state index contributed by atoms with van der Waals surface area (Å²) in [5.41, 5.74) is 0.798. The van der Waals surface area contributed by atoms with Crippen LogP contribution in [-0.2, 0) is 9.53 Å². The second-order valence-corrected chi connectivity index (χ2v) is 5.13. The van der Waals surface area contributed by atoms with Crippen molar-refractivity contribution in [3.05, 3.63) is 22.7 Å². The predicted molar refractivity (Wildman–Crippen MR) is 76.7 cm³/mol. The molecule has 6 heteroatoms. The lowest BCUT2D eigenvalue weighted by atomic mass is 10.2. The number of hydrogen-bond donors (Lipinski definition) is 1. The lowest BCUT2D eigenvalue weighted by Crippen LogP contribution is -2.48. The fraction of sp³-hybridized carbons (Fsp3) is 0.462. The van der Waals surface area contributed by atoms with Crippen molar-refractivity contribution < 1.29 is 14.3 Å². The highest BCUT2D eigenvalue weighted by molar-refractivity contribution is 9.10. The van der Waals surface area contributed by atoms with Crippen LogP contribution in [0.2, 0.25) is 0 Å². The molecule has 1 aromatic carbocycles. The Morgan fingerprint density at radius 1 is 1.58 bits per heavy atom. The number of nitrogens with one attached hydrogen (secondary N) is 1. The maximum atomic E-state index is 12.3. The molecule has 1 fully saturated rings. The Kier molecular flexibility index (Phi) is 4.79. The van der Waals surface area contributed by atoms with Crippen LogP contribution in [0.4, 0.5) is 5.69 Å². The van der Waals surface area contributed by atoms with Crippen molar-refractivity contribution in [1.29, 1.82) is 0 Å². The molecular weight excluding hydrogens is 312 g/mol. The molecule has 0 aromatic heterocycles. The highest BCUT2D eigenvalue weighted by Crippen LogP contribution is 2.29. The minimum absolute atomic E-state index is 0.0516. The molecule has 104 valence electrons. The van der Waals surface area contributed by atoms with E-state index in [-0.39, 0.29) is 5.91 Å². The number of rotatable bonds is 3. The number of nitrogens with zero attached hydrogens (tertiary/aromatic N) is 1. The van der Waals surface area contributed by atoms with Gasteiger partial charge in [0.25, 0.3) is 5.91 Å². The number of ether oxygens (including phenoxy) is 2. The topological polar surface area (TPSA) is 50.8 Å². The lowest BCUT2D eigenvalue weighted by Gasteiger charge is -2.27. The molecule has 1 aliphatic rings. The van der Waals surface area contributed by atoms with Gasteiger partial charge in [0.05, 0.1) is 18.2 Å². The van der Waals surface area contributed by atoms with E-state index in [1.54, 1.807) is 19.1 Å². The van der Waals surface area contributed by atoms with Gasteiger partial charge in [0.1, 0.15) is 11.9 Å². The molecule has 0 saturated carbocycles. The number of carbonyl (C=O) groups excluding carboxylic acids is 1. The molecule has 2 rings (SSSR count). The van der Waals surface area contributed by atoms with Crippen LogP contribution in [0.1, 0.15) is 0 Å². The number of benzene rings is 1. The van der Waals surface area contributed by atoms with Crippen molar-refractivity contribution in [3.63, 3.8) is 0 Å². The summed E-state index contributed by atoms with van der Waals surface area (Å²) in [5, 5.41) is 3.15. The van der Waals surface area contributed by atoms with E-state index in [2.05, 4.69) is 21.2 Å². The van der Waals surface area contributed by atoms with Gasteiger partial charge in [-0.25, -0.2) is 0 Å². The minimum Gasteiger partial charge on any atom is -0.496 e. The number of likely N-dealkylation sites (N-methyl/N-ethyl adjacent to an activating group) is 1. The molecule has 1 amide bonds. The lowest BCUT2D eigenvalue weighted by molar-refractivity contribution is -0.131. The first kappa shape index (κ1) is 14.3. The molecule has 0 aliphatic carbocycles. The third-order valence-electron chi connectivity index (χ3n) is 3.06. The molecule has 0 radical (unpaired) electrons. The SMILES string of the molecule is COc1ccc(N(C)C(=O)C2CNCCO2)cc1Br. The van der Waals surface area contributed by atoms with Crippen LogP contribution in [-0.4, -0.2) is 45.9 Å². The largest absolute Gasteiger partial charge is 0.496 e. The predicted octanol–water partition coefficient (Wildman–Crippen LogP) is 1.41. The zero-order valence-electron chi connectivity index (χ0n) is 11.0. The van der Waals surface area contributed by atoms with E-state index < -0.39 is 6.10 Å². The summed E-state index contributed by atoms with van der Waals surface area (Å²) in [6.07, 6.45) is -0.417. The minimum atomic E-state index is -0.417. The van der Waals surface area contributed by atoms with Crippen molar-refractivity contribution in [2.24, 2.45) is 0 Å². The number of methoxy groups -OCH3 is 1. The van der Waals surface area contributed by atoms with Crippen LogP contribution in [0, 0.1) is 0 Å². The average Bonchev–Trinajstić information content (AvgIpc) is 2.46. The molecule has 1 N–H and O–H groups in total. The van der Waals surface area contributed by atoms with Crippen LogP contribution in [0.25, 0.3) is 0 Å². The van der Waals surface area contributed by atoms with Crippen LogP contribution >= 0.6 is 15.9 Å². The number of anilines is 1. The summed E-state index contributed by atoms with van der Waals surface area (Å²) >= 11 is 3.41. The fourth-order valence-electron chi connectivity index (χ4n) is 1.93. The third-order valence-corrected chi connectivity index (χ3v) is 3.68. The summed E-state index contributed by atoms with van der Waals surface area (Å²) in [6, 6.07) is 5.52.